The molecule has 184 valence electrons. The number of carbonyl (C=O) groups excluding carboxylic acids is 2. The Balaban J connectivity index is 1.42. The average Bonchev–Trinajstić information content (AvgIpc) is 2.83. The van der Waals surface area contributed by atoms with E-state index in [9.17, 15) is 18.0 Å². The standard InChI is InChI=1S/C25H33N3O5S/c1-25(2,3)21-8-6-20(7-9-21)24(30)27-18-23(29)26-13-12-19-4-10-22(11-5-19)34(31,32)28-14-16-33-17-15-28/h4-11H,12-18H2,1-3H3,(H,26,29)(H,27,30). The van der Waals surface area contributed by atoms with E-state index in [0.717, 1.165) is 11.1 Å². The topological polar surface area (TPSA) is 105 Å². The summed E-state index contributed by atoms with van der Waals surface area (Å²) in [5, 5.41) is 5.40. The number of sulfonamides is 1. The fraction of sp³-hybridized carbons (Fsp3) is 0.440. The van der Waals surface area contributed by atoms with Crippen LogP contribution in [-0.2, 0) is 31.4 Å². The summed E-state index contributed by atoms with van der Waals surface area (Å²) in [6, 6.07) is 14.1. The normalized spacial score (nSPS) is 15.0. The lowest BCUT2D eigenvalue weighted by Crippen LogP contribution is -2.40. The lowest BCUT2D eigenvalue weighted by atomic mass is 9.87. The lowest BCUT2D eigenvalue weighted by molar-refractivity contribution is -0.120. The third kappa shape index (κ3) is 6.88. The largest absolute Gasteiger partial charge is 0.379 e. The summed E-state index contributed by atoms with van der Waals surface area (Å²) in [5.41, 5.74) is 2.55. The van der Waals surface area contributed by atoms with Gasteiger partial charge < -0.3 is 15.4 Å². The van der Waals surface area contributed by atoms with Crippen molar-refractivity contribution in [1.82, 2.24) is 14.9 Å². The quantitative estimate of drug-likeness (QED) is 0.593. The maximum absolute atomic E-state index is 12.7. The van der Waals surface area contributed by atoms with Crippen molar-refractivity contribution < 1.29 is 22.7 Å². The van der Waals surface area contributed by atoms with Gasteiger partial charge in [0.05, 0.1) is 24.7 Å². The number of carbonyl (C=O) groups is 2. The Kier molecular flexibility index (Phi) is 8.46. The summed E-state index contributed by atoms with van der Waals surface area (Å²) in [4.78, 5) is 24.6. The van der Waals surface area contributed by atoms with Gasteiger partial charge >= 0.3 is 0 Å². The Hall–Kier alpha value is -2.75. The smallest absolute Gasteiger partial charge is 0.251 e. The molecule has 0 radical (unpaired) electrons. The van der Waals surface area contributed by atoms with Gasteiger partial charge in [0.25, 0.3) is 5.91 Å². The van der Waals surface area contributed by atoms with E-state index in [-0.39, 0.29) is 28.7 Å². The predicted molar refractivity (Wildman–Crippen MR) is 130 cm³/mol. The minimum atomic E-state index is -3.52. The molecule has 0 spiro atoms. The second-order valence-corrected chi connectivity index (χ2v) is 11.2. The summed E-state index contributed by atoms with van der Waals surface area (Å²) >= 11 is 0. The van der Waals surface area contributed by atoms with E-state index in [1.165, 1.54) is 4.31 Å². The van der Waals surface area contributed by atoms with Gasteiger partial charge in [-0.15, -0.1) is 0 Å². The molecular weight excluding hydrogens is 454 g/mol. The van der Waals surface area contributed by atoms with Crippen LogP contribution in [-0.4, -0.2) is 63.9 Å². The first-order valence-corrected chi connectivity index (χ1v) is 12.8. The first-order chi connectivity index (χ1) is 16.1. The summed E-state index contributed by atoms with van der Waals surface area (Å²) in [6.45, 7) is 8.10. The second kappa shape index (κ2) is 11.1. The average molecular weight is 488 g/mol. The molecular formula is C25H33N3O5S. The number of amides is 2. The molecule has 0 saturated carbocycles. The van der Waals surface area contributed by atoms with Gasteiger partial charge in [0.1, 0.15) is 0 Å². The van der Waals surface area contributed by atoms with Crippen LogP contribution in [0.3, 0.4) is 0 Å². The van der Waals surface area contributed by atoms with E-state index in [0.29, 0.717) is 44.8 Å². The SMILES string of the molecule is CC(C)(C)c1ccc(C(=O)NCC(=O)NCCc2ccc(S(=O)(=O)N3CCOCC3)cc2)cc1. The number of benzene rings is 2. The van der Waals surface area contributed by atoms with E-state index in [1.807, 2.05) is 12.1 Å². The highest BCUT2D eigenvalue weighted by atomic mass is 32.2. The number of hydrogen-bond donors (Lipinski definition) is 2. The van der Waals surface area contributed by atoms with Crippen molar-refractivity contribution in [3.05, 3.63) is 65.2 Å². The van der Waals surface area contributed by atoms with Crippen LogP contribution in [0.15, 0.2) is 53.4 Å². The van der Waals surface area contributed by atoms with Gasteiger partial charge in [-0.25, -0.2) is 8.42 Å². The van der Waals surface area contributed by atoms with Gasteiger partial charge in [0.15, 0.2) is 0 Å². The molecule has 34 heavy (non-hydrogen) atoms. The van der Waals surface area contributed by atoms with Gasteiger partial charge in [-0.05, 0) is 47.2 Å². The molecule has 0 aliphatic carbocycles. The van der Waals surface area contributed by atoms with Crippen LogP contribution in [0.1, 0.15) is 42.3 Å². The first-order valence-electron chi connectivity index (χ1n) is 11.4. The maximum Gasteiger partial charge on any atom is 0.251 e. The fourth-order valence-electron chi connectivity index (χ4n) is 3.56. The molecule has 1 aliphatic rings. The fourth-order valence-corrected chi connectivity index (χ4v) is 4.97. The first kappa shape index (κ1) is 25.9. The Morgan fingerprint density at radius 2 is 1.56 bits per heavy atom. The summed E-state index contributed by atoms with van der Waals surface area (Å²) in [5.74, 6) is -0.584. The van der Waals surface area contributed by atoms with Gasteiger partial charge in [-0.2, -0.15) is 4.31 Å². The summed E-state index contributed by atoms with van der Waals surface area (Å²) in [6.07, 6.45) is 0.547. The van der Waals surface area contributed by atoms with Crippen molar-refractivity contribution in [2.75, 3.05) is 39.4 Å². The summed E-state index contributed by atoms with van der Waals surface area (Å²) in [7, 11) is -3.52. The molecule has 2 aromatic rings. The van der Waals surface area contributed by atoms with Gasteiger partial charge in [-0.1, -0.05) is 45.0 Å². The lowest BCUT2D eigenvalue weighted by Gasteiger charge is -2.26. The van der Waals surface area contributed by atoms with E-state index < -0.39 is 10.0 Å². The minimum absolute atomic E-state index is 0.00616. The molecule has 8 nitrogen and oxygen atoms in total. The van der Waals surface area contributed by atoms with Gasteiger partial charge in [-0.3, -0.25) is 9.59 Å². The molecule has 0 bridgehead atoms. The summed E-state index contributed by atoms with van der Waals surface area (Å²) < 4.78 is 32.0. The highest BCUT2D eigenvalue weighted by molar-refractivity contribution is 7.89. The molecule has 0 atom stereocenters. The molecule has 9 heteroatoms. The predicted octanol–water partition coefficient (Wildman–Crippen LogP) is 2.09. The van der Waals surface area contributed by atoms with Crippen LogP contribution in [0, 0.1) is 0 Å². The third-order valence-electron chi connectivity index (χ3n) is 5.69. The Bertz CT molecular complexity index is 1080. The molecule has 2 amide bonds. The monoisotopic (exact) mass is 487 g/mol. The number of nitrogens with zero attached hydrogens (tertiary/aromatic N) is 1. The Morgan fingerprint density at radius 1 is 0.941 bits per heavy atom. The zero-order chi connectivity index (χ0) is 24.8. The second-order valence-electron chi connectivity index (χ2n) is 9.27. The molecule has 3 rings (SSSR count). The van der Waals surface area contributed by atoms with Crippen molar-refractivity contribution >= 4 is 21.8 Å². The van der Waals surface area contributed by atoms with Crippen molar-refractivity contribution in [2.24, 2.45) is 0 Å². The molecule has 0 unspecified atom stereocenters. The van der Waals surface area contributed by atoms with E-state index in [1.54, 1.807) is 36.4 Å². The Morgan fingerprint density at radius 3 is 2.15 bits per heavy atom. The van der Waals surface area contributed by atoms with Crippen LogP contribution < -0.4 is 10.6 Å². The van der Waals surface area contributed by atoms with Crippen LogP contribution in [0.4, 0.5) is 0 Å². The molecule has 1 fully saturated rings. The highest BCUT2D eigenvalue weighted by Gasteiger charge is 2.26. The van der Waals surface area contributed by atoms with Crippen molar-refractivity contribution in [3.8, 4) is 0 Å². The number of morpholine rings is 1. The molecule has 2 N–H and O–H groups in total. The molecule has 2 aromatic carbocycles. The maximum atomic E-state index is 12.7. The number of nitrogens with one attached hydrogen (secondary N) is 2. The molecule has 0 aromatic heterocycles. The van der Waals surface area contributed by atoms with Gasteiger partial charge in [0, 0.05) is 25.2 Å². The van der Waals surface area contributed by atoms with Crippen molar-refractivity contribution in [1.29, 1.82) is 0 Å². The minimum Gasteiger partial charge on any atom is -0.379 e. The Labute approximate surface area is 201 Å². The number of rotatable bonds is 8. The van der Waals surface area contributed by atoms with E-state index in [4.69, 9.17) is 4.74 Å². The van der Waals surface area contributed by atoms with Crippen LogP contribution in [0.25, 0.3) is 0 Å². The van der Waals surface area contributed by atoms with E-state index in [2.05, 4.69) is 31.4 Å². The van der Waals surface area contributed by atoms with Gasteiger partial charge in [0.2, 0.25) is 15.9 Å². The molecule has 1 aliphatic heterocycles. The molecule has 1 saturated heterocycles. The van der Waals surface area contributed by atoms with Crippen molar-refractivity contribution in [3.63, 3.8) is 0 Å². The third-order valence-corrected chi connectivity index (χ3v) is 7.60. The van der Waals surface area contributed by atoms with Crippen LogP contribution in [0.2, 0.25) is 0 Å². The highest BCUT2D eigenvalue weighted by Crippen LogP contribution is 2.22. The van der Waals surface area contributed by atoms with Crippen molar-refractivity contribution in [2.45, 2.75) is 37.5 Å². The van der Waals surface area contributed by atoms with E-state index >= 15 is 0 Å². The zero-order valence-corrected chi connectivity index (χ0v) is 20.8. The van der Waals surface area contributed by atoms with Crippen LogP contribution >= 0.6 is 0 Å². The van der Waals surface area contributed by atoms with Crippen LogP contribution in [0.5, 0.6) is 0 Å². The number of ether oxygens (including phenoxy) is 1. The molecule has 1 heterocycles. The number of hydrogen-bond acceptors (Lipinski definition) is 5. The zero-order valence-electron chi connectivity index (χ0n) is 20.0.